The number of rotatable bonds is 6. The number of benzene rings is 1. The predicted octanol–water partition coefficient (Wildman–Crippen LogP) is 1.29. The van der Waals surface area contributed by atoms with Crippen LogP contribution in [0.4, 0.5) is 0 Å². The summed E-state index contributed by atoms with van der Waals surface area (Å²) in [7, 11) is 1.62. The summed E-state index contributed by atoms with van der Waals surface area (Å²) in [6, 6.07) is 5.75. The van der Waals surface area contributed by atoms with E-state index < -0.39 is 5.54 Å². The van der Waals surface area contributed by atoms with Crippen LogP contribution in [0.1, 0.15) is 12.5 Å². The molecule has 0 spiro atoms. The summed E-state index contributed by atoms with van der Waals surface area (Å²) in [5.74, 6) is 0.779. The third-order valence-corrected chi connectivity index (χ3v) is 3.25. The lowest BCUT2D eigenvalue weighted by molar-refractivity contribution is 0.103. The lowest BCUT2D eigenvalue weighted by atomic mass is 10.0. The van der Waals surface area contributed by atoms with Gasteiger partial charge >= 0.3 is 0 Å². The first-order valence-corrected chi connectivity index (χ1v) is 6.13. The van der Waals surface area contributed by atoms with Crippen LogP contribution in [0.25, 0.3) is 0 Å². The predicted molar refractivity (Wildman–Crippen MR) is 70.1 cm³/mol. The first-order valence-electron chi connectivity index (χ1n) is 5.34. The van der Waals surface area contributed by atoms with Crippen molar-refractivity contribution in [1.29, 1.82) is 0 Å². The van der Waals surface area contributed by atoms with Gasteiger partial charge in [-0.25, -0.2) is 0 Å². The van der Waals surface area contributed by atoms with Gasteiger partial charge in [0.2, 0.25) is 0 Å². The molecule has 3 N–H and O–H groups in total. The Bertz CT molecular complexity index is 367. The average molecular weight is 304 g/mol. The maximum Gasteiger partial charge on any atom is 0.133 e. The quantitative estimate of drug-likeness (QED) is 0.741. The number of aliphatic hydroxyl groups excluding tert-OH is 2. The molecule has 0 aromatic heterocycles. The summed E-state index contributed by atoms with van der Waals surface area (Å²) in [5.41, 5.74) is 0.387. The highest BCUT2D eigenvalue weighted by molar-refractivity contribution is 9.10. The summed E-state index contributed by atoms with van der Waals surface area (Å²) < 4.78 is 6.02. The molecule has 0 aliphatic carbocycles. The molecule has 1 aromatic carbocycles. The molecule has 0 saturated heterocycles. The molecule has 1 rings (SSSR count). The van der Waals surface area contributed by atoms with Gasteiger partial charge in [0.25, 0.3) is 0 Å². The summed E-state index contributed by atoms with van der Waals surface area (Å²) >= 11 is 3.41. The highest BCUT2D eigenvalue weighted by Crippen LogP contribution is 2.25. The Morgan fingerprint density at radius 3 is 2.47 bits per heavy atom. The third-order valence-electron chi connectivity index (χ3n) is 2.63. The van der Waals surface area contributed by atoms with Gasteiger partial charge in [0.15, 0.2) is 0 Å². The second kappa shape index (κ2) is 6.35. The van der Waals surface area contributed by atoms with Gasteiger partial charge in [-0.1, -0.05) is 6.07 Å². The van der Waals surface area contributed by atoms with Gasteiger partial charge in [0.1, 0.15) is 5.75 Å². The molecule has 0 unspecified atom stereocenters. The van der Waals surface area contributed by atoms with Gasteiger partial charge in [0.05, 0.1) is 30.3 Å². The van der Waals surface area contributed by atoms with E-state index in [9.17, 15) is 0 Å². The number of ether oxygens (including phenoxy) is 1. The topological polar surface area (TPSA) is 61.7 Å². The highest BCUT2D eigenvalue weighted by Gasteiger charge is 2.21. The fourth-order valence-corrected chi connectivity index (χ4v) is 1.89. The molecule has 5 heteroatoms. The van der Waals surface area contributed by atoms with E-state index in [0.29, 0.717) is 6.54 Å². The van der Waals surface area contributed by atoms with E-state index in [1.54, 1.807) is 14.0 Å². The Kier molecular flexibility index (Phi) is 5.39. The highest BCUT2D eigenvalue weighted by atomic mass is 79.9. The van der Waals surface area contributed by atoms with Crippen molar-refractivity contribution >= 4 is 15.9 Å². The van der Waals surface area contributed by atoms with Crippen molar-refractivity contribution in [1.82, 2.24) is 5.32 Å². The van der Waals surface area contributed by atoms with Crippen molar-refractivity contribution < 1.29 is 14.9 Å². The number of methoxy groups -OCH3 is 1. The van der Waals surface area contributed by atoms with Gasteiger partial charge in [-0.2, -0.15) is 0 Å². The van der Waals surface area contributed by atoms with E-state index in [4.69, 9.17) is 14.9 Å². The largest absolute Gasteiger partial charge is 0.496 e. The van der Waals surface area contributed by atoms with Crippen LogP contribution in [0, 0.1) is 0 Å². The van der Waals surface area contributed by atoms with Crippen LogP contribution in [0.2, 0.25) is 0 Å². The molecule has 0 aliphatic rings. The molecule has 17 heavy (non-hydrogen) atoms. The zero-order valence-electron chi connectivity index (χ0n) is 10.0. The van der Waals surface area contributed by atoms with E-state index >= 15 is 0 Å². The van der Waals surface area contributed by atoms with Crippen LogP contribution in [0.5, 0.6) is 5.75 Å². The molecule has 96 valence electrons. The average Bonchev–Trinajstić information content (AvgIpc) is 2.36. The zero-order valence-corrected chi connectivity index (χ0v) is 11.6. The molecule has 0 radical (unpaired) electrons. The summed E-state index contributed by atoms with van der Waals surface area (Å²) in [4.78, 5) is 0. The second-order valence-corrected chi connectivity index (χ2v) is 5.05. The van der Waals surface area contributed by atoms with E-state index in [1.165, 1.54) is 0 Å². The van der Waals surface area contributed by atoms with E-state index in [2.05, 4.69) is 21.2 Å². The fourth-order valence-electron chi connectivity index (χ4n) is 1.30. The Morgan fingerprint density at radius 1 is 1.35 bits per heavy atom. The standard InChI is InChI=1S/C12H18BrNO3/c1-12(7-15,8-16)14-6-9-3-4-11(17-2)10(13)5-9/h3-5,14-16H,6-8H2,1-2H3. The van der Waals surface area contributed by atoms with Gasteiger partial charge in [0, 0.05) is 6.54 Å². The first-order chi connectivity index (χ1) is 8.04. The lowest BCUT2D eigenvalue weighted by Crippen LogP contribution is -2.48. The summed E-state index contributed by atoms with van der Waals surface area (Å²) in [5, 5.41) is 21.4. The van der Waals surface area contributed by atoms with Crippen molar-refractivity contribution in [2.75, 3.05) is 20.3 Å². The second-order valence-electron chi connectivity index (χ2n) is 4.20. The smallest absolute Gasteiger partial charge is 0.133 e. The Labute approximate surface area is 110 Å². The van der Waals surface area contributed by atoms with Crippen LogP contribution in [-0.2, 0) is 6.54 Å². The van der Waals surface area contributed by atoms with Crippen molar-refractivity contribution in [2.24, 2.45) is 0 Å². The van der Waals surface area contributed by atoms with Crippen LogP contribution in [0.15, 0.2) is 22.7 Å². The maximum absolute atomic E-state index is 9.15. The molecule has 0 aliphatic heterocycles. The maximum atomic E-state index is 9.15. The molecule has 0 fully saturated rings. The molecule has 4 nitrogen and oxygen atoms in total. The lowest BCUT2D eigenvalue weighted by Gasteiger charge is -2.26. The van der Waals surface area contributed by atoms with Gasteiger partial charge in [-0.05, 0) is 40.5 Å². The number of hydrogen-bond acceptors (Lipinski definition) is 4. The normalized spacial score (nSPS) is 11.6. The van der Waals surface area contributed by atoms with Crippen LogP contribution in [-0.4, -0.2) is 36.1 Å². The van der Waals surface area contributed by atoms with Gasteiger partial charge in [-0.3, -0.25) is 0 Å². The molecular formula is C12H18BrNO3. The van der Waals surface area contributed by atoms with E-state index in [-0.39, 0.29) is 13.2 Å². The van der Waals surface area contributed by atoms with Crippen molar-refractivity contribution in [3.63, 3.8) is 0 Å². The summed E-state index contributed by atoms with van der Waals surface area (Å²) in [6.45, 7) is 2.12. The molecule has 0 atom stereocenters. The van der Waals surface area contributed by atoms with Crippen molar-refractivity contribution in [3.8, 4) is 5.75 Å². The Balaban J connectivity index is 2.67. The minimum Gasteiger partial charge on any atom is -0.496 e. The Hall–Kier alpha value is -0.620. The van der Waals surface area contributed by atoms with E-state index in [0.717, 1.165) is 15.8 Å². The number of nitrogens with one attached hydrogen (secondary N) is 1. The molecule has 0 amide bonds. The van der Waals surface area contributed by atoms with Crippen LogP contribution >= 0.6 is 15.9 Å². The molecule has 1 aromatic rings. The van der Waals surface area contributed by atoms with Gasteiger partial charge < -0.3 is 20.3 Å². The fraction of sp³-hybridized carbons (Fsp3) is 0.500. The Morgan fingerprint density at radius 2 is 2.00 bits per heavy atom. The minimum atomic E-state index is -0.660. The van der Waals surface area contributed by atoms with Crippen molar-refractivity contribution in [2.45, 2.75) is 19.0 Å². The SMILES string of the molecule is COc1ccc(CNC(C)(CO)CO)cc1Br. The summed E-state index contributed by atoms with van der Waals surface area (Å²) in [6.07, 6.45) is 0. The molecule has 0 heterocycles. The molecule has 0 saturated carbocycles. The van der Waals surface area contributed by atoms with Crippen LogP contribution < -0.4 is 10.1 Å². The van der Waals surface area contributed by atoms with Crippen LogP contribution in [0.3, 0.4) is 0 Å². The number of halogens is 1. The zero-order chi connectivity index (χ0) is 12.9. The number of hydrogen-bond donors (Lipinski definition) is 3. The molecule has 0 bridgehead atoms. The molecular weight excluding hydrogens is 286 g/mol. The van der Waals surface area contributed by atoms with Gasteiger partial charge in [-0.15, -0.1) is 0 Å². The third kappa shape index (κ3) is 3.96. The minimum absolute atomic E-state index is 0.110. The van der Waals surface area contributed by atoms with E-state index in [1.807, 2.05) is 18.2 Å². The number of aliphatic hydroxyl groups is 2. The first kappa shape index (κ1) is 14.4. The van der Waals surface area contributed by atoms with Crippen molar-refractivity contribution in [3.05, 3.63) is 28.2 Å². The monoisotopic (exact) mass is 303 g/mol.